The molecular formula is C13H16F2N2O3. The van der Waals surface area contributed by atoms with E-state index in [2.05, 4.69) is 0 Å². The summed E-state index contributed by atoms with van der Waals surface area (Å²) in [6.45, 7) is 1.97. The number of halogens is 2. The molecule has 1 fully saturated rings. The van der Waals surface area contributed by atoms with Crippen LogP contribution in [-0.4, -0.2) is 47.8 Å². The van der Waals surface area contributed by atoms with Crippen molar-refractivity contribution in [3.8, 4) is 0 Å². The maximum atomic E-state index is 13.4. The molecule has 1 aliphatic rings. The van der Waals surface area contributed by atoms with Crippen molar-refractivity contribution < 1.29 is 23.4 Å². The quantitative estimate of drug-likeness (QED) is 0.787. The normalized spacial score (nSPS) is 22.9. The van der Waals surface area contributed by atoms with Gasteiger partial charge in [-0.25, -0.2) is 8.78 Å². The van der Waals surface area contributed by atoms with Crippen LogP contribution in [0.4, 0.5) is 14.5 Å². The molecule has 0 spiro atoms. The molecule has 2 rings (SSSR count). The van der Waals surface area contributed by atoms with Gasteiger partial charge in [-0.05, 0) is 19.1 Å². The SMILES string of the molecule is CC1COC(CO)CN1C(=O)c1cc(F)c(N)c(F)c1. The molecule has 0 aliphatic carbocycles. The fraction of sp³-hybridized carbons (Fsp3) is 0.462. The van der Waals surface area contributed by atoms with E-state index in [1.807, 2.05) is 0 Å². The third-order valence-corrected chi connectivity index (χ3v) is 3.30. The summed E-state index contributed by atoms with van der Waals surface area (Å²) in [6.07, 6.45) is -0.487. The average molecular weight is 286 g/mol. The van der Waals surface area contributed by atoms with Crippen LogP contribution in [-0.2, 0) is 4.74 Å². The fourth-order valence-corrected chi connectivity index (χ4v) is 2.08. The molecule has 20 heavy (non-hydrogen) atoms. The van der Waals surface area contributed by atoms with Gasteiger partial charge in [-0.3, -0.25) is 4.79 Å². The maximum absolute atomic E-state index is 13.4. The van der Waals surface area contributed by atoms with Gasteiger partial charge in [0.25, 0.3) is 5.91 Å². The number of aliphatic hydroxyl groups excluding tert-OH is 1. The number of ether oxygens (including phenoxy) is 1. The van der Waals surface area contributed by atoms with E-state index in [4.69, 9.17) is 15.6 Å². The fourth-order valence-electron chi connectivity index (χ4n) is 2.08. The minimum Gasteiger partial charge on any atom is -0.394 e. The van der Waals surface area contributed by atoms with Crippen molar-refractivity contribution >= 4 is 11.6 Å². The average Bonchev–Trinajstić information content (AvgIpc) is 2.44. The van der Waals surface area contributed by atoms with Crippen molar-refractivity contribution in [1.29, 1.82) is 0 Å². The largest absolute Gasteiger partial charge is 0.394 e. The summed E-state index contributed by atoms with van der Waals surface area (Å²) in [7, 11) is 0. The zero-order chi connectivity index (χ0) is 14.9. The minimum atomic E-state index is -0.965. The van der Waals surface area contributed by atoms with Crippen LogP contribution in [0.1, 0.15) is 17.3 Å². The Morgan fingerprint density at radius 3 is 2.65 bits per heavy atom. The number of carbonyl (C=O) groups is 1. The molecule has 0 aromatic heterocycles. The van der Waals surface area contributed by atoms with Crippen molar-refractivity contribution in [2.75, 3.05) is 25.5 Å². The van der Waals surface area contributed by atoms with Gasteiger partial charge in [0.2, 0.25) is 0 Å². The second-order valence-corrected chi connectivity index (χ2v) is 4.80. The van der Waals surface area contributed by atoms with Gasteiger partial charge in [-0.1, -0.05) is 0 Å². The first kappa shape index (κ1) is 14.7. The number of aliphatic hydroxyl groups is 1. The number of morpholine rings is 1. The lowest BCUT2D eigenvalue weighted by molar-refractivity contribution is -0.0667. The molecule has 1 saturated heterocycles. The Kier molecular flexibility index (Phi) is 4.20. The van der Waals surface area contributed by atoms with Crippen LogP contribution in [0.3, 0.4) is 0 Å². The summed E-state index contributed by atoms with van der Waals surface area (Å²) in [4.78, 5) is 13.7. The number of hydrogen-bond acceptors (Lipinski definition) is 4. The Bertz CT molecular complexity index is 501. The molecule has 2 unspecified atom stereocenters. The van der Waals surface area contributed by atoms with Crippen molar-refractivity contribution in [3.63, 3.8) is 0 Å². The lowest BCUT2D eigenvalue weighted by Crippen LogP contribution is -2.52. The van der Waals surface area contributed by atoms with E-state index in [0.29, 0.717) is 0 Å². The number of nitrogens with zero attached hydrogens (tertiary/aromatic N) is 1. The molecule has 110 valence electrons. The molecule has 1 amide bonds. The number of anilines is 1. The summed E-state index contributed by atoms with van der Waals surface area (Å²) in [5.74, 6) is -2.45. The van der Waals surface area contributed by atoms with Gasteiger partial charge < -0.3 is 20.5 Å². The summed E-state index contributed by atoms with van der Waals surface area (Å²) < 4.78 is 32.1. The van der Waals surface area contributed by atoms with Crippen LogP contribution < -0.4 is 5.73 Å². The molecule has 5 nitrogen and oxygen atoms in total. The number of hydrogen-bond donors (Lipinski definition) is 2. The van der Waals surface area contributed by atoms with Gasteiger partial charge in [0.15, 0.2) is 0 Å². The van der Waals surface area contributed by atoms with E-state index >= 15 is 0 Å². The van der Waals surface area contributed by atoms with Gasteiger partial charge in [0.1, 0.15) is 17.3 Å². The maximum Gasteiger partial charge on any atom is 0.254 e. The number of benzene rings is 1. The van der Waals surface area contributed by atoms with E-state index in [1.165, 1.54) is 4.90 Å². The third kappa shape index (κ3) is 2.73. The standard InChI is InChI=1S/C13H16F2N2O3/c1-7-6-20-9(5-18)4-17(7)13(19)8-2-10(14)12(16)11(15)3-8/h2-3,7,9,18H,4-6,16H2,1H3. The van der Waals surface area contributed by atoms with Crippen molar-refractivity contribution in [1.82, 2.24) is 4.90 Å². The highest BCUT2D eigenvalue weighted by Crippen LogP contribution is 2.21. The highest BCUT2D eigenvalue weighted by Gasteiger charge is 2.30. The molecule has 2 atom stereocenters. The Morgan fingerprint density at radius 1 is 1.50 bits per heavy atom. The number of carbonyl (C=O) groups excluding carboxylic acids is 1. The first-order valence-corrected chi connectivity index (χ1v) is 6.22. The van der Waals surface area contributed by atoms with Crippen LogP contribution in [0.15, 0.2) is 12.1 Å². The Labute approximate surface area is 114 Å². The third-order valence-electron chi connectivity index (χ3n) is 3.30. The Balaban J connectivity index is 2.26. The highest BCUT2D eigenvalue weighted by molar-refractivity contribution is 5.95. The summed E-state index contributed by atoms with van der Waals surface area (Å²) in [5.41, 5.74) is 4.45. The molecular weight excluding hydrogens is 270 g/mol. The van der Waals surface area contributed by atoms with Crippen molar-refractivity contribution in [2.45, 2.75) is 19.1 Å². The predicted molar refractivity (Wildman–Crippen MR) is 68.1 cm³/mol. The minimum absolute atomic E-state index is 0.111. The highest BCUT2D eigenvalue weighted by atomic mass is 19.1. The molecule has 7 heteroatoms. The Hall–Kier alpha value is -1.73. The lowest BCUT2D eigenvalue weighted by Gasteiger charge is -2.37. The molecule has 3 N–H and O–H groups in total. The van der Waals surface area contributed by atoms with Crippen molar-refractivity contribution in [2.24, 2.45) is 0 Å². The summed E-state index contributed by atoms with van der Waals surface area (Å²) in [5, 5.41) is 9.07. The molecule has 1 aliphatic heterocycles. The summed E-state index contributed by atoms with van der Waals surface area (Å²) in [6, 6.07) is 1.59. The number of nitrogens with two attached hydrogens (primary N) is 1. The zero-order valence-electron chi connectivity index (χ0n) is 11.0. The second-order valence-electron chi connectivity index (χ2n) is 4.80. The molecule has 1 heterocycles. The van der Waals surface area contributed by atoms with Crippen LogP contribution in [0, 0.1) is 11.6 Å². The molecule has 1 aromatic carbocycles. The van der Waals surface area contributed by atoms with E-state index in [0.717, 1.165) is 12.1 Å². The Morgan fingerprint density at radius 2 is 2.10 bits per heavy atom. The van der Waals surface area contributed by atoms with E-state index < -0.39 is 29.3 Å². The smallest absolute Gasteiger partial charge is 0.254 e. The number of nitrogen functional groups attached to an aromatic ring is 1. The predicted octanol–water partition coefficient (Wildman–Crippen LogP) is 0.769. The van der Waals surface area contributed by atoms with Gasteiger partial charge in [0.05, 0.1) is 25.4 Å². The van der Waals surface area contributed by atoms with Crippen molar-refractivity contribution in [3.05, 3.63) is 29.3 Å². The molecule has 0 radical (unpaired) electrons. The van der Waals surface area contributed by atoms with Gasteiger partial charge >= 0.3 is 0 Å². The first-order valence-electron chi connectivity index (χ1n) is 6.22. The number of rotatable bonds is 2. The van der Waals surface area contributed by atoms with E-state index in [9.17, 15) is 13.6 Å². The van der Waals surface area contributed by atoms with Crippen LogP contribution >= 0.6 is 0 Å². The van der Waals surface area contributed by atoms with Gasteiger partial charge in [-0.15, -0.1) is 0 Å². The van der Waals surface area contributed by atoms with Gasteiger partial charge in [0, 0.05) is 12.1 Å². The number of amides is 1. The zero-order valence-corrected chi connectivity index (χ0v) is 11.0. The van der Waals surface area contributed by atoms with E-state index in [1.54, 1.807) is 6.92 Å². The summed E-state index contributed by atoms with van der Waals surface area (Å²) >= 11 is 0. The lowest BCUT2D eigenvalue weighted by atomic mass is 10.1. The first-order chi connectivity index (χ1) is 9.43. The van der Waals surface area contributed by atoms with E-state index in [-0.39, 0.29) is 31.4 Å². The van der Waals surface area contributed by atoms with Gasteiger partial charge in [-0.2, -0.15) is 0 Å². The van der Waals surface area contributed by atoms with Crippen LogP contribution in [0.5, 0.6) is 0 Å². The monoisotopic (exact) mass is 286 g/mol. The molecule has 0 saturated carbocycles. The topological polar surface area (TPSA) is 75.8 Å². The molecule has 0 bridgehead atoms. The second kappa shape index (κ2) is 5.72. The van der Waals surface area contributed by atoms with Crippen LogP contribution in [0.2, 0.25) is 0 Å². The van der Waals surface area contributed by atoms with Crippen LogP contribution in [0.25, 0.3) is 0 Å². The molecule has 1 aromatic rings.